The predicted octanol–water partition coefficient (Wildman–Crippen LogP) is 1.30. The fourth-order valence-electron chi connectivity index (χ4n) is 2.12. The molecule has 1 amide bonds. The molecular weight excluding hydrogens is 202 g/mol. The first-order valence-corrected chi connectivity index (χ1v) is 5.73. The van der Waals surface area contributed by atoms with Crippen LogP contribution in [0.15, 0.2) is 0 Å². The molecule has 2 fully saturated rings. The van der Waals surface area contributed by atoms with E-state index in [0.717, 1.165) is 25.7 Å². The molecule has 3 nitrogen and oxygen atoms in total. The molecule has 3 unspecified atom stereocenters. The second-order valence-electron chi connectivity index (χ2n) is 4.12. The van der Waals surface area contributed by atoms with E-state index in [-0.39, 0.29) is 23.2 Å². The van der Waals surface area contributed by atoms with Crippen LogP contribution in [0.2, 0.25) is 0 Å². The number of nitrogens with one attached hydrogen (secondary N) is 1. The molecule has 0 spiro atoms. The van der Waals surface area contributed by atoms with Crippen molar-refractivity contribution in [3.05, 3.63) is 0 Å². The molecule has 3 atom stereocenters. The summed E-state index contributed by atoms with van der Waals surface area (Å²) in [6.45, 7) is 1.29. The van der Waals surface area contributed by atoms with Crippen LogP contribution < -0.4 is 5.32 Å². The highest BCUT2D eigenvalue weighted by atomic mass is 35.5. The Morgan fingerprint density at radius 1 is 1.36 bits per heavy atom. The minimum absolute atomic E-state index is 0.0551. The molecule has 0 aromatic carbocycles. The van der Waals surface area contributed by atoms with Crippen molar-refractivity contribution in [2.75, 3.05) is 13.2 Å². The summed E-state index contributed by atoms with van der Waals surface area (Å²) in [5.74, 6) is 0.180. The predicted molar refractivity (Wildman–Crippen MR) is 54.3 cm³/mol. The molecule has 0 aromatic rings. The maximum absolute atomic E-state index is 11.7. The molecule has 1 aliphatic carbocycles. The van der Waals surface area contributed by atoms with Crippen LogP contribution in [-0.4, -0.2) is 30.5 Å². The molecule has 80 valence electrons. The van der Waals surface area contributed by atoms with Gasteiger partial charge in [0.25, 0.3) is 0 Å². The average molecular weight is 218 g/mol. The van der Waals surface area contributed by atoms with E-state index in [2.05, 4.69) is 5.32 Å². The van der Waals surface area contributed by atoms with Crippen LogP contribution in [0, 0.1) is 5.92 Å². The van der Waals surface area contributed by atoms with Gasteiger partial charge >= 0.3 is 0 Å². The lowest BCUT2D eigenvalue weighted by Crippen LogP contribution is -2.41. The number of hydrogen-bond acceptors (Lipinski definition) is 2. The first-order valence-electron chi connectivity index (χ1n) is 5.29. The van der Waals surface area contributed by atoms with E-state index in [1.54, 1.807) is 0 Å². The number of hydrogen-bond donors (Lipinski definition) is 1. The Balaban J connectivity index is 1.81. The number of ether oxygens (including phenoxy) is 1. The normalized spacial score (nSPS) is 37.4. The smallest absolute Gasteiger partial charge is 0.225 e. The Hall–Kier alpha value is -0.280. The summed E-state index contributed by atoms with van der Waals surface area (Å²) >= 11 is 6.08. The number of alkyl halides is 1. The van der Waals surface area contributed by atoms with Crippen molar-refractivity contribution in [1.29, 1.82) is 0 Å². The molecule has 0 radical (unpaired) electrons. The van der Waals surface area contributed by atoms with E-state index < -0.39 is 0 Å². The summed E-state index contributed by atoms with van der Waals surface area (Å²) in [4.78, 5) is 11.7. The number of carbonyl (C=O) groups is 1. The van der Waals surface area contributed by atoms with Gasteiger partial charge in [-0.2, -0.15) is 0 Å². The van der Waals surface area contributed by atoms with Gasteiger partial charge in [0.05, 0.1) is 17.9 Å². The molecule has 1 saturated heterocycles. The monoisotopic (exact) mass is 217 g/mol. The second kappa shape index (κ2) is 4.49. The van der Waals surface area contributed by atoms with Gasteiger partial charge in [-0.25, -0.2) is 0 Å². The number of amides is 1. The van der Waals surface area contributed by atoms with Crippen molar-refractivity contribution < 1.29 is 9.53 Å². The molecule has 1 aliphatic heterocycles. The van der Waals surface area contributed by atoms with Crippen LogP contribution in [0.1, 0.15) is 25.7 Å². The summed E-state index contributed by atoms with van der Waals surface area (Å²) < 4.78 is 5.18. The van der Waals surface area contributed by atoms with Crippen molar-refractivity contribution in [2.45, 2.75) is 37.1 Å². The topological polar surface area (TPSA) is 38.3 Å². The third-order valence-electron chi connectivity index (χ3n) is 3.06. The van der Waals surface area contributed by atoms with Crippen molar-refractivity contribution in [2.24, 2.45) is 5.92 Å². The minimum Gasteiger partial charge on any atom is -0.381 e. The molecule has 1 N–H and O–H groups in total. The standard InChI is InChI=1S/C10H16ClNO2/c11-8-2-1-3-9(8)12-10(13)7-4-5-14-6-7/h7-9H,1-6H2,(H,12,13). The van der Waals surface area contributed by atoms with Crippen LogP contribution in [0.4, 0.5) is 0 Å². The highest BCUT2D eigenvalue weighted by molar-refractivity contribution is 6.21. The Labute approximate surface area is 89.1 Å². The lowest BCUT2D eigenvalue weighted by atomic mass is 10.1. The summed E-state index contributed by atoms with van der Waals surface area (Å²) in [6, 6.07) is 0.185. The molecule has 1 heterocycles. The van der Waals surface area contributed by atoms with E-state index in [1.165, 1.54) is 0 Å². The van der Waals surface area contributed by atoms with Crippen molar-refractivity contribution in [3.8, 4) is 0 Å². The number of carbonyl (C=O) groups excluding carboxylic acids is 1. The van der Waals surface area contributed by atoms with Gasteiger partial charge in [-0.3, -0.25) is 4.79 Å². The largest absolute Gasteiger partial charge is 0.381 e. The maximum atomic E-state index is 11.7. The van der Waals surface area contributed by atoms with Gasteiger partial charge in [0.15, 0.2) is 0 Å². The van der Waals surface area contributed by atoms with Gasteiger partial charge in [0.1, 0.15) is 0 Å². The number of rotatable bonds is 2. The zero-order valence-electron chi connectivity index (χ0n) is 8.17. The fraction of sp³-hybridized carbons (Fsp3) is 0.900. The number of halogens is 1. The third kappa shape index (κ3) is 2.20. The van der Waals surface area contributed by atoms with E-state index in [9.17, 15) is 4.79 Å². The van der Waals surface area contributed by atoms with Crippen molar-refractivity contribution in [1.82, 2.24) is 5.32 Å². The lowest BCUT2D eigenvalue weighted by molar-refractivity contribution is -0.125. The SMILES string of the molecule is O=C(NC1CCCC1Cl)C1CCOC1. The van der Waals surface area contributed by atoms with E-state index in [1.807, 2.05) is 0 Å². The first kappa shape index (κ1) is 10.2. The summed E-state index contributed by atoms with van der Waals surface area (Å²) in [5, 5.41) is 3.15. The van der Waals surface area contributed by atoms with Gasteiger partial charge in [0, 0.05) is 12.6 Å². The van der Waals surface area contributed by atoms with Gasteiger partial charge in [0.2, 0.25) is 5.91 Å². The Morgan fingerprint density at radius 2 is 2.21 bits per heavy atom. The fourth-order valence-corrected chi connectivity index (χ4v) is 2.46. The Morgan fingerprint density at radius 3 is 2.79 bits per heavy atom. The van der Waals surface area contributed by atoms with E-state index in [4.69, 9.17) is 16.3 Å². The average Bonchev–Trinajstić information content (AvgIpc) is 2.77. The summed E-state index contributed by atoms with van der Waals surface area (Å²) in [5.41, 5.74) is 0. The molecule has 14 heavy (non-hydrogen) atoms. The molecule has 1 saturated carbocycles. The van der Waals surface area contributed by atoms with Gasteiger partial charge in [-0.1, -0.05) is 0 Å². The minimum atomic E-state index is 0.0551. The highest BCUT2D eigenvalue weighted by Crippen LogP contribution is 2.24. The van der Waals surface area contributed by atoms with Crippen molar-refractivity contribution in [3.63, 3.8) is 0 Å². The maximum Gasteiger partial charge on any atom is 0.225 e. The molecular formula is C10H16ClNO2. The Bertz CT molecular complexity index is 216. The highest BCUT2D eigenvalue weighted by Gasteiger charge is 2.30. The molecule has 2 rings (SSSR count). The second-order valence-corrected chi connectivity index (χ2v) is 4.68. The zero-order chi connectivity index (χ0) is 9.97. The van der Waals surface area contributed by atoms with Crippen LogP contribution in [0.3, 0.4) is 0 Å². The quantitative estimate of drug-likeness (QED) is 0.709. The van der Waals surface area contributed by atoms with Crippen LogP contribution in [0.25, 0.3) is 0 Å². The Kier molecular flexibility index (Phi) is 3.29. The van der Waals surface area contributed by atoms with Crippen LogP contribution in [0.5, 0.6) is 0 Å². The third-order valence-corrected chi connectivity index (χ3v) is 3.58. The van der Waals surface area contributed by atoms with Crippen LogP contribution >= 0.6 is 11.6 Å². The van der Waals surface area contributed by atoms with Crippen LogP contribution in [-0.2, 0) is 9.53 Å². The van der Waals surface area contributed by atoms with Gasteiger partial charge in [-0.05, 0) is 25.7 Å². The summed E-state index contributed by atoms with van der Waals surface area (Å²) in [6.07, 6.45) is 4.02. The van der Waals surface area contributed by atoms with Gasteiger partial charge in [-0.15, -0.1) is 11.6 Å². The van der Waals surface area contributed by atoms with Gasteiger partial charge < -0.3 is 10.1 Å². The molecule has 4 heteroatoms. The first-order chi connectivity index (χ1) is 6.77. The van der Waals surface area contributed by atoms with E-state index >= 15 is 0 Å². The molecule has 2 aliphatic rings. The summed E-state index contributed by atoms with van der Waals surface area (Å²) in [7, 11) is 0. The lowest BCUT2D eigenvalue weighted by Gasteiger charge is -2.17. The molecule has 0 bridgehead atoms. The zero-order valence-corrected chi connectivity index (χ0v) is 8.93. The van der Waals surface area contributed by atoms with E-state index in [0.29, 0.717) is 13.2 Å². The molecule has 0 aromatic heterocycles. The van der Waals surface area contributed by atoms with Crippen molar-refractivity contribution >= 4 is 17.5 Å².